The average molecular weight is 401 g/mol. The van der Waals surface area contributed by atoms with Crippen molar-refractivity contribution < 1.29 is 13.2 Å². The highest BCUT2D eigenvalue weighted by molar-refractivity contribution is 5.63. The molecule has 1 atom stereocenters. The van der Waals surface area contributed by atoms with E-state index in [1.165, 1.54) is 6.42 Å². The molecule has 8 heteroatoms. The third-order valence-corrected chi connectivity index (χ3v) is 5.11. The van der Waals surface area contributed by atoms with Gasteiger partial charge in [0.25, 0.3) is 0 Å². The number of nitrogen functional groups attached to an aromatic ring is 1. The van der Waals surface area contributed by atoms with Gasteiger partial charge in [0, 0.05) is 5.69 Å². The van der Waals surface area contributed by atoms with Crippen molar-refractivity contribution in [1.29, 1.82) is 0 Å². The molecule has 0 fully saturated rings. The number of nitrogens with zero attached hydrogens (tertiary/aromatic N) is 3. The molecule has 1 aliphatic rings. The fraction of sp³-hybridized carbons (Fsp3) is 0.333. The van der Waals surface area contributed by atoms with Gasteiger partial charge >= 0.3 is 6.18 Å². The van der Waals surface area contributed by atoms with Crippen LogP contribution >= 0.6 is 0 Å². The van der Waals surface area contributed by atoms with Crippen LogP contribution in [0.4, 0.5) is 24.7 Å². The van der Waals surface area contributed by atoms with E-state index in [-0.39, 0.29) is 5.69 Å². The molecule has 3 N–H and O–H groups in total. The topological polar surface area (TPSA) is 68.2 Å². The molecule has 0 aliphatic heterocycles. The van der Waals surface area contributed by atoms with E-state index < -0.39 is 17.8 Å². The van der Waals surface area contributed by atoms with Gasteiger partial charge in [0.1, 0.15) is 5.82 Å². The molecule has 2 heterocycles. The van der Waals surface area contributed by atoms with Crippen LogP contribution in [0.25, 0.3) is 11.2 Å². The quantitative estimate of drug-likeness (QED) is 0.570. The van der Waals surface area contributed by atoms with E-state index >= 15 is 0 Å². The van der Waals surface area contributed by atoms with Crippen LogP contribution < -0.4 is 11.1 Å². The number of fused-ring (bicyclic) bond motifs is 1. The minimum Gasteiger partial charge on any atom is -0.399 e. The van der Waals surface area contributed by atoms with Crippen molar-refractivity contribution in [2.75, 3.05) is 11.1 Å². The van der Waals surface area contributed by atoms with Gasteiger partial charge in [0.2, 0.25) is 0 Å². The Hall–Kier alpha value is -3.03. The maximum atomic E-state index is 13.1. The molecule has 0 unspecified atom stereocenters. The molecule has 3 aromatic rings. The first-order valence-corrected chi connectivity index (χ1v) is 9.60. The molecule has 2 aromatic heterocycles. The molecule has 0 radical (unpaired) electrons. The molecule has 0 spiro atoms. The number of benzene rings is 1. The Morgan fingerprint density at radius 1 is 1.17 bits per heavy atom. The van der Waals surface area contributed by atoms with Crippen molar-refractivity contribution in [2.45, 2.75) is 44.8 Å². The number of hydrogen-bond donors (Lipinski definition) is 2. The van der Waals surface area contributed by atoms with Gasteiger partial charge in [-0.1, -0.05) is 12.1 Å². The number of allylic oxidation sites excluding steroid dienone is 2. The Morgan fingerprint density at radius 2 is 2.00 bits per heavy atom. The van der Waals surface area contributed by atoms with Crippen LogP contribution in [0.5, 0.6) is 0 Å². The van der Waals surface area contributed by atoms with E-state index in [9.17, 15) is 13.2 Å². The summed E-state index contributed by atoms with van der Waals surface area (Å²) in [4.78, 5) is 4.61. The zero-order valence-electron chi connectivity index (χ0n) is 16.0. The second-order valence-corrected chi connectivity index (χ2v) is 7.34. The first-order chi connectivity index (χ1) is 13.8. The molecular weight excluding hydrogens is 379 g/mol. The Balaban J connectivity index is 1.65. The van der Waals surface area contributed by atoms with E-state index in [4.69, 9.17) is 5.73 Å². The molecule has 1 aliphatic carbocycles. The second kappa shape index (κ2) is 7.42. The summed E-state index contributed by atoms with van der Waals surface area (Å²) >= 11 is 0. The lowest BCUT2D eigenvalue weighted by Crippen LogP contribution is -2.13. The van der Waals surface area contributed by atoms with Crippen LogP contribution in [0.3, 0.4) is 0 Å². The normalized spacial score (nSPS) is 15.9. The zero-order valence-corrected chi connectivity index (χ0v) is 16.0. The lowest BCUT2D eigenvalue weighted by Gasteiger charge is -2.18. The van der Waals surface area contributed by atoms with Gasteiger partial charge in [-0.15, -0.1) is 5.10 Å². The first-order valence-electron chi connectivity index (χ1n) is 9.60. The average Bonchev–Trinajstić information content (AvgIpc) is 3.13. The molecule has 4 rings (SSSR count). The minimum atomic E-state index is -4.45. The van der Waals surface area contributed by atoms with Crippen LogP contribution in [0, 0.1) is 0 Å². The Kier molecular flexibility index (Phi) is 4.94. The van der Waals surface area contributed by atoms with E-state index in [0.29, 0.717) is 22.9 Å². The van der Waals surface area contributed by atoms with Crippen LogP contribution in [0.15, 0.2) is 42.5 Å². The minimum absolute atomic E-state index is 0.0777. The number of halogens is 3. The standard InChI is InChI=1S/C21H22F3N5/c1-13(15-10-16(21(22,23)24)12-17(25)11-15)26-18-8-5-9-19-27-20(28-29(18)19)14-6-3-2-4-7-14/h5-6,8-13,26H,2-4,7,25H2,1H3/t13-/m1/s1. The van der Waals surface area contributed by atoms with Gasteiger partial charge in [-0.3, -0.25) is 0 Å². The van der Waals surface area contributed by atoms with Crippen molar-refractivity contribution in [3.8, 4) is 0 Å². The summed E-state index contributed by atoms with van der Waals surface area (Å²) in [6.45, 7) is 1.79. The third kappa shape index (κ3) is 4.06. The summed E-state index contributed by atoms with van der Waals surface area (Å²) in [7, 11) is 0. The zero-order chi connectivity index (χ0) is 20.6. The highest BCUT2D eigenvalue weighted by Gasteiger charge is 2.31. The molecule has 0 bridgehead atoms. The van der Waals surface area contributed by atoms with Crippen LogP contribution in [-0.4, -0.2) is 14.6 Å². The highest BCUT2D eigenvalue weighted by atomic mass is 19.4. The molecule has 0 saturated heterocycles. The van der Waals surface area contributed by atoms with Crippen molar-refractivity contribution in [2.24, 2.45) is 0 Å². The summed E-state index contributed by atoms with van der Waals surface area (Å²) < 4.78 is 41.1. The molecule has 152 valence electrons. The smallest absolute Gasteiger partial charge is 0.399 e. The van der Waals surface area contributed by atoms with Gasteiger partial charge in [-0.05, 0) is 74.1 Å². The number of alkyl halides is 3. The predicted octanol–water partition coefficient (Wildman–Crippen LogP) is 5.46. The summed E-state index contributed by atoms with van der Waals surface area (Å²) in [5, 5.41) is 7.87. The first kappa shape index (κ1) is 19.3. The second-order valence-electron chi connectivity index (χ2n) is 7.34. The Bertz CT molecular complexity index is 1070. The maximum Gasteiger partial charge on any atom is 0.416 e. The highest BCUT2D eigenvalue weighted by Crippen LogP contribution is 2.33. The van der Waals surface area contributed by atoms with Gasteiger partial charge < -0.3 is 11.1 Å². The summed E-state index contributed by atoms with van der Waals surface area (Å²) in [5.74, 6) is 1.36. The summed E-state index contributed by atoms with van der Waals surface area (Å²) in [5.41, 5.74) is 7.30. The van der Waals surface area contributed by atoms with Crippen LogP contribution in [0.2, 0.25) is 0 Å². The number of aromatic nitrogens is 3. The molecular formula is C21H22F3N5. The summed E-state index contributed by atoms with van der Waals surface area (Å²) in [6.07, 6.45) is 2.03. The molecule has 0 amide bonds. The number of hydrogen-bond acceptors (Lipinski definition) is 4. The SMILES string of the molecule is C[C@@H](Nc1cccc2nc(C3=CCCCC3)nn12)c1cc(N)cc(C(F)(F)F)c1. The van der Waals surface area contributed by atoms with Gasteiger partial charge in [-0.2, -0.15) is 17.7 Å². The van der Waals surface area contributed by atoms with Gasteiger partial charge in [0.15, 0.2) is 11.5 Å². The van der Waals surface area contributed by atoms with Crippen molar-refractivity contribution in [3.05, 3.63) is 59.4 Å². The fourth-order valence-corrected chi connectivity index (χ4v) is 3.59. The van der Waals surface area contributed by atoms with Crippen LogP contribution in [0.1, 0.15) is 55.6 Å². The molecule has 1 aromatic carbocycles. The fourth-order valence-electron chi connectivity index (χ4n) is 3.59. The van der Waals surface area contributed by atoms with Crippen molar-refractivity contribution in [3.63, 3.8) is 0 Å². The van der Waals surface area contributed by atoms with E-state index in [0.717, 1.165) is 37.0 Å². The molecule has 29 heavy (non-hydrogen) atoms. The predicted molar refractivity (Wildman–Crippen MR) is 107 cm³/mol. The van der Waals surface area contributed by atoms with Gasteiger partial charge in [-0.25, -0.2) is 4.98 Å². The van der Waals surface area contributed by atoms with Crippen LogP contribution in [-0.2, 0) is 6.18 Å². The third-order valence-electron chi connectivity index (χ3n) is 5.11. The number of nitrogens with two attached hydrogens (primary N) is 1. The number of nitrogens with one attached hydrogen (secondary N) is 1. The number of pyridine rings is 1. The monoisotopic (exact) mass is 401 g/mol. The Labute approximate surface area is 166 Å². The Morgan fingerprint density at radius 3 is 2.72 bits per heavy atom. The lowest BCUT2D eigenvalue weighted by molar-refractivity contribution is -0.137. The number of anilines is 2. The van der Waals surface area contributed by atoms with E-state index in [1.807, 2.05) is 18.2 Å². The maximum absolute atomic E-state index is 13.1. The largest absolute Gasteiger partial charge is 0.416 e. The summed E-state index contributed by atoms with van der Waals surface area (Å²) in [6, 6.07) is 8.73. The van der Waals surface area contributed by atoms with Crippen molar-refractivity contribution in [1.82, 2.24) is 14.6 Å². The van der Waals surface area contributed by atoms with Crippen molar-refractivity contribution >= 4 is 22.7 Å². The number of rotatable bonds is 4. The lowest BCUT2D eigenvalue weighted by atomic mass is 9.99. The molecule has 0 saturated carbocycles. The van der Waals surface area contributed by atoms with E-state index in [2.05, 4.69) is 21.5 Å². The van der Waals surface area contributed by atoms with Gasteiger partial charge in [0.05, 0.1) is 11.6 Å². The molecule has 5 nitrogen and oxygen atoms in total. The van der Waals surface area contributed by atoms with E-state index in [1.54, 1.807) is 17.5 Å².